The molecule has 1 aliphatic rings. The molecule has 2 N–H and O–H groups in total. The number of halogens is 1. The fraction of sp³-hybridized carbons (Fsp3) is 0.227. The van der Waals surface area contributed by atoms with Crippen molar-refractivity contribution in [2.75, 3.05) is 30.4 Å². The van der Waals surface area contributed by atoms with Gasteiger partial charge in [-0.1, -0.05) is 17.7 Å². The second kappa shape index (κ2) is 8.05. The van der Waals surface area contributed by atoms with Crippen LogP contribution >= 0.6 is 11.6 Å². The number of aliphatic hydroxyl groups is 1. The highest BCUT2D eigenvalue weighted by molar-refractivity contribution is 6.32. The van der Waals surface area contributed by atoms with Gasteiger partial charge < -0.3 is 20.1 Å². The molecule has 158 valence electrons. The van der Waals surface area contributed by atoms with Gasteiger partial charge in [0.1, 0.15) is 17.1 Å². The lowest BCUT2D eigenvalue weighted by atomic mass is 10.2. The third kappa shape index (κ3) is 3.75. The summed E-state index contributed by atoms with van der Waals surface area (Å²) in [6, 6.07) is 11.6. The molecule has 0 saturated carbocycles. The number of β-amino-alcohol motifs (C(OH)–C–C–N with tert-alkyl or cyclic N) is 1. The van der Waals surface area contributed by atoms with E-state index in [9.17, 15) is 5.11 Å². The molecule has 1 atom stereocenters. The van der Waals surface area contributed by atoms with Crippen molar-refractivity contribution >= 4 is 34.6 Å². The predicted molar refractivity (Wildman–Crippen MR) is 120 cm³/mol. The summed E-state index contributed by atoms with van der Waals surface area (Å²) in [7, 11) is 1.62. The van der Waals surface area contributed by atoms with Crippen molar-refractivity contribution in [1.29, 1.82) is 0 Å². The minimum atomic E-state index is -0.288. The summed E-state index contributed by atoms with van der Waals surface area (Å²) in [5, 5.41) is 13.5. The average Bonchev–Trinajstić information content (AvgIpc) is 3.42. The van der Waals surface area contributed by atoms with Crippen LogP contribution in [0.2, 0.25) is 5.02 Å². The minimum absolute atomic E-state index is 0.288. The Balaban J connectivity index is 1.46. The van der Waals surface area contributed by atoms with Crippen LogP contribution in [0.25, 0.3) is 17.0 Å². The van der Waals surface area contributed by atoms with Crippen LogP contribution in [0.3, 0.4) is 0 Å². The predicted octanol–water partition coefficient (Wildman–Crippen LogP) is 3.77. The van der Waals surface area contributed by atoms with Gasteiger partial charge in [0.15, 0.2) is 0 Å². The molecule has 31 heavy (non-hydrogen) atoms. The highest BCUT2D eigenvalue weighted by Crippen LogP contribution is 2.34. The van der Waals surface area contributed by atoms with Crippen LogP contribution in [0.4, 0.5) is 17.3 Å². The molecule has 0 amide bonds. The van der Waals surface area contributed by atoms with E-state index in [1.807, 2.05) is 47.0 Å². The monoisotopic (exact) mass is 436 g/mol. The number of nitrogens with zero attached hydrogens (tertiary/aromatic N) is 5. The third-order valence-corrected chi connectivity index (χ3v) is 5.64. The Kier molecular flexibility index (Phi) is 5.09. The zero-order valence-corrected chi connectivity index (χ0v) is 17.6. The van der Waals surface area contributed by atoms with Crippen LogP contribution in [0, 0.1) is 0 Å². The van der Waals surface area contributed by atoms with E-state index < -0.39 is 0 Å². The topological polar surface area (TPSA) is 87.8 Å². The van der Waals surface area contributed by atoms with E-state index in [1.165, 1.54) is 0 Å². The van der Waals surface area contributed by atoms with Gasteiger partial charge >= 0.3 is 0 Å². The van der Waals surface area contributed by atoms with Gasteiger partial charge in [-0.15, -0.1) is 0 Å². The molecule has 9 heteroatoms. The van der Waals surface area contributed by atoms with Crippen LogP contribution in [0.15, 0.2) is 55.0 Å². The lowest BCUT2D eigenvalue weighted by Crippen LogP contribution is -2.21. The highest BCUT2D eigenvalue weighted by atomic mass is 35.5. The second-order valence-corrected chi connectivity index (χ2v) is 7.77. The number of hydrogen-bond acceptors (Lipinski definition) is 7. The van der Waals surface area contributed by atoms with Gasteiger partial charge in [-0.3, -0.25) is 4.40 Å². The van der Waals surface area contributed by atoms with Crippen LogP contribution in [0.1, 0.15) is 6.42 Å². The largest absolute Gasteiger partial charge is 0.494 e. The number of hydrogen-bond donors (Lipinski definition) is 2. The number of fused-ring (bicyclic) bond motifs is 1. The quantitative estimate of drug-likeness (QED) is 0.492. The molecule has 8 nitrogen and oxygen atoms in total. The number of aromatic nitrogens is 4. The van der Waals surface area contributed by atoms with Gasteiger partial charge in [-0.05, 0) is 30.7 Å². The number of rotatable bonds is 5. The Bertz CT molecular complexity index is 1240. The van der Waals surface area contributed by atoms with E-state index in [0.717, 1.165) is 35.7 Å². The maximum Gasteiger partial charge on any atom is 0.227 e. The lowest BCUT2D eigenvalue weighted by Gasteiger charge is -2.20. The summed E-state index contributed by atoms with van der Waals surface area (Å²) in [6.45, 7) is 1.44. The number of anilines is 3. The number of pyridine rings is 1. The summed E-state index contributed by atoms with van der Waals surface area (Å²) in [5.74, 6) is 1.06. The normalized spacial score (nSPS) is 16.1. The fourth-order valence-electron chi connectivity index (χ4n) is 3.79. The molecule has 3 aromatic heterocycles. The van der Waals surface area contributed by atoms with Gasteiger partial charge in [-0.25, -0.2) is 15.0 Å². The van der Waals surface area contributed by atoms with Crippen molar-refractivity contribution in [3.05, 3.63) is 60.0 Å². The first-order chi connectivity index (χ1) is 15.1. The zero-order valence-electron chi connectivity index (χ0n) is 16.9. The number of methoxy groups -OCH3 is 1. The van der Waals surface area contributed by atoms with Gasteiger partial charge in [0, 0.05) is 31.0 Å². The molecule has 0 bridgehead atoms. The van der Waals surface area contributed by atoms with E-state index in [4.69, 9.17) is 16.3 Å². The van der Waals surface area contributed by atoms with E-state index in [1.54, 1.807) is 19.5 Å². The molecule has 0 aliphatic carbocycles. The summed E-state index contributed by atoms with van der Waals surface area (Å²) in [6.07, 6.45) is 5.71. The summed E-state index contributed by atoms with van der Waals surface area (Å²) < 4.78 is 7.51. The SMILES string of the molecule is COc1cc(N2CC[C@@H](O)C2)ccc1Nc1ncc(Cl)c(-c2cnc3ccccn23)n1. The standard InChI is InChI=1S/C22H21ClN6O2/c1-31-19-10-14(28-9-7-15(30)13-28)5-6-17(19)26-22-25-11-16(23)21(27-22)18-12-24-20-4-2-3-8-29(18)20/h2-6,8,10-12,15,30H,7,9,13H2,1H3,(H,25,26,27)/t15-/m1/s1. The summed E-state index contributed by atoms with van der Waals surface area (Å²) in [4.78, 5) is 15.5. The molecule has 0 unspecified atom stereocenters. The van der Waals surface area contributed by atoms with Crippen molar-refractivity contribution in [3.63, 3.8) is 0 Å². The molecule has 4 aromatic rings. The first kappa shape index (κ1) is 19.6. The minimum Gasteiger partial charge on any atom is -0.494 e. The Morgan fingerprint density at radius 2 is 2.10 bits per heavy atom. The molecule has 1 aliphatic heterocycles. The first-order valence-corrected chi connectivity index (χ1v) is 10.3. The van der Waals surface area contributed by atoms with E-state index >= 15 is 0 Å². The second-order valence-electron chi connectivity index (χ2n) is 7.36. The van der Waals surface area contributed by atoms with Crippen LogP contribution in [0.5, 0.6) is 5.75 Å². The van der Waals surface area contributed by atoms with Crippen LogP contribution < -0.4 is 15.0 Å². The Hall–Kier alpha value is -3.36. The number of imidazole rings is 1. The van der Waals surface area contributed by atoms with Gasteiger partial charge in [-0.2, -0.15) is 0 Å². The molecule has 0 radical (unpaired) electrons. The molecule has 1 aromatic carbocycles. The van der Waals surface area contributed by atoms with E-state index in [2.05, 4.69) is 25.2 Å². The Morgan fingerprint density at radius 3 is 2.90 bits per heavy atom. The van der Waals surface area contributed by atoms with Gasteiger partial charge in [0.05, 0.1) is 42.0 Å². The lowest BCUT2D eigenvalue weighted by molar-refractivity contribution is 0.198. The van der Waals surface area contributed by atoms with Crippen molar-refractivity contribution in [2.24, 2.45) is 0 Å². The molecule has 1 fully saturated rings. The zero-order chi connectivity index (χ0) is 21.4. The van der Waals surface area contributed by atoms with E-state index in [-0.39, 0.29) is 6.10 Å². The molecule has 1 saturated heterocycles. The average molecular weight is 437 g/mol. The van der Waals surface area contributed by atoms with Gasteiger partial charge in [0.2, 0.25) is 5.95 Å². The molecule has 4 heterocycles. The van der Waals surface area contributed by atoms with Crippen molar-refractivity contribution in [1.82, 2.24) is 19.4 Å². The Morgan fingerprint density at radius 1 is 1.19 bits per heavy atom. The van der Waals surface area contributed by atoms with Crippen LogP contribution in [-0.4, -0.2) is 50.8 Å². The molecule has 0 spiro atoms. The highest BCUT2D eigenvalue weighted by Gasteiger charge is 2.21. The fourth-order valence-corrected chi connectivity index (χ4v) is 3.98. The smallest absolute Gasteiger partial charge is 0.227 e. The number of ether oxygens (including phenoxy) is 1. The van der Waals surface area contributed by atoms with Gasteiger partial charge in [0.25, 0.3) is 0 Å². The summed E-state index contributed by atoms with van der Waals surface area (Å²) >= 11 is 6.41. The van der Waals surface area contributed by atoms with Crippen LogP contribution in [-0.2, 0) is 0 Å². The third-order valence-electron chi connectivity index (χ3n) is 5.36. The molecular weight excluding hydrogens is 416 g/mol. The Labute approximate surface area is 184 Å². The maximum atomic E-state index is 9.81. The summed E-state index contributed by atoms with van der Waals surface area (Å²) in [5.41, 5.74) is 3.91. The molecule has 5 rings (SSSR count). The van der Waals surface area contributed by atoms with E-state index in [0.29, 0.717) is 29.0 Å². The van der Waals surface area contributed by atoms with Crippen molar-refractivity contribution in [3.8, 4) is 17.1 Å². The maximum absolute atomic E-state index is 9.81. The number of nitrogens with one attached hydrogen (secondary N) is 1. The molecular formula is C22H21ClN6O2. The number of benzene rings is 1. The van der Waals surface area contributed by atoms with Crippen molar-refractivity contribution < 1.29 is 9.84 Å². The first-order valence-electron chi connectivity index (χ1n) is 9.95. The van der Waals surface area contributed by atoms with Crippen molar-refractivity contribution in [2.45, 2.75) is 12.5 Å². The number of aliphatic hydroxyl groups excluding tert-OH is 1.